The first-order valence-electron chi connectivity index (χ1n) is 2.45. The van der Waals surface area contributed by atoms with Crippen LogP contribution >= 0.6 is 35.6 Å². The van der Waals surface area contributed by atoms with Gasteiger partial charge in [-0.1, -0.05) is 23.2 Å². The van der Waals surface area contributed by atoms with Crippen LogP contribution in [0.2, 0.25) is 0 Å². The molecule has 2 nitrogen and oxygen atoms in total. The number of allylic oxidation sites excluding steroid dienone is 4. The molecule has 0 heterocycles. The summed E-state index contributed by atoms with van der Waals surface area (Å²) < 4.78 is 0. The molecule has 0 amide bonds. The zero-order chi connectivity index (χ0) is 7.72. The highest BCUT2D eigenvalue weighted by Gasteiger charge is 2.18. The highest BCUT2D eigenvalue weighted by molar-refractivity contribution is 6.57. The van der Waals surface area contributed by atoms with Crippen LogP contribution in [0.4, 0.5) is 0 Å². The fourth-order valence-electron chi connectivity index (χ4n) is 0.514. The largest absolute Gasteiger partial charge is 0.288 e. The van der Waals surface area contributed by atoms with Crippen molar-refractivity contribution in [1.29, 1.82) is 0 Å². The Balaban J connectivity index is 0.000001000. The average molecular weight is 213 g/mol. The summed E-state index contributed by atoms with van der Waals surface area (Å²) >= 11 is 10.7. The lowest BCUT2D eigenvalue weighted by Gasteiger charge is -2.00. The second-order valence-corrected chi connectivity index (χ2v) is 2.45. The minimum atomic E-state index is -0.425. The number of hydrogen-bond acceptors (Lipinski definition) is 2. The van der Waals surface area contributed by atoms with Crippen molar-refractivity contribution in [3.63, 3.8) is 0 Å². The van der Waals surface area contributed by atoms with E-state index in [9.17, 15) is 9.59 Å². The van der Waals surface area contributed by atoms with E-state index in [-0.39, 0.29) is 22.5 Å². The van der Waals surface area contributed by atoms with E-state index in [0.717, 1.165) is 12.2 Å². The smallest absolute Gasteiger partial charge is 0.198 e. The van der Waals surface area contributed by atoms with Crippen LogP contribution in [0, 0.1) is 0 Å². The third-order valence-electron chi connectivity index (χ3n) is 1.01. The van der Waals surface area contributed by atoms with Gasteiger partial charge in [-0.3, -0.25) is 9.59 Å². The summed E-state index contributed by atoms with van der Waals surface area (Å²) in [4.78, 5) is 21.3. The predicted octanol–water partition coefficient (Wildman–Crippen LogP) is 1.81. The maximum atomic E-state index is 10.6. The molecular weight excluding hydrogens is 210 g/mol. The normalized spacial score (nSPS) is 16.9. The van der Waals surface area contributed by atoms with Gasteiger partial charge in [-0.2, -0.15) is 0 Å². The molecule has 1 rings (SSSR count). The fourth-order valence-corrected chi connectivity index (χ4v) is 0.826. The molecule has 1 aliphatic carbocycles. The Morgan fingerprint density at radius 3 is 1.45 bits per heavy atom. The van der Waals surface area contributed by atoms with E-state index in [1.807, 2.05) is 0 Å². The molecular formula is C6H3Cl3O2. The monoisotopic (exact) mass is 212 g/mol. The molecule has 1 aliphatic rings. The van der Waals surface area contributed by atoms with Crippen LogP contribution in [0.15, 0.2) is 22.2 Å². The van der Waals surface area contributed by atoms with Crippen molar-refractivity contribution in [2.24, 2.45) is 0 Å². The summed E-state index contributed by atoms with van der Waals surface area (Å²) in [5, 5.41) is -0.400. The van der Waals surface area contributed by atoms with Gasteiger partial charge in [-0.05, 0) is 12.2 Å². The molecule has 0 aromatic heterocycles. The third-order valence-corrected chi connectivity index (χ3v) is 1.86. The van der Waals surface area contributed by atoms with Crippen molar-refractivity contribution < 1.29 is 9.59 Å². The van der Waals surface area contributed by atoms with Crippen molar-refractivity contribution >= 4 is 47.2 Å². The Morgan fingerprint density at radius 2 is 1.18 bits per heavy atom. The van der Waals surface area contributed by atoms with Crippen LogP contribution < -0.4 is 0 Å². The highest BCUT2D eigenvalue weighted by atomic mass is 35.5. The molecule has 0 saturated carbocycles. The summed E-state index contributed by atoms with van der Waals surface area (Å²) in [5.41, 5.74) is 0. The summed E-state index contributed by atoms with van der Waals surface area (Å²) in [6.45, 7) is 0. The summed E-state index contributed by atoms with van der Waals surface area (Å²) in [5.74, 6) is -0.850. The molecule has 0 aromatic carbocycles. The van der Waals surface area contributed by atoms with E-state index in [1.165, 1.54) is 0 Å². The SMILES string of the molecule is Cl.O=C1C=CC(=O)C(Cl)=C1Cl. The number of halogens is 3. The first kappa shape index (κ1) is 10.7. The lowest BCUT2D eigenvalue weighted by atomic mass is 10.2. The van der Waals surface area contributed by atoms with Crippen molar-refractivity contribution in [2.75, 3.05) is 0 Å². The van der Waals surface area contributed by atoms with Crippen LogP contribution in [0.3, 0.4) is 0 Å². The minimum absolute atomic E-state index is 0. The second kappa shape index (κ2) is 3.90. The van der Waals surface area contributed by atoms with Crippen LogP contribution in [0.1, 0.15) is 0 Å². The van der Waals surface area contributed by atoms with Crippen LogP contribution in [0.25, 0.3) is 0 Å². The van der Waals surface area contributed by atoms with E-state index in [4.69, 9.17) is 23.2 Å². The maximum absolute atomic E-state index is 10.6. The van der Waals surface area contributed by atoms with E-state index in [2.05, 4.69) is 0 Å². The number of ketones is 2. The third kappa shape index (κ3) is 2.06. The number of carbonyl (C=O) groups excluding carboxylic acids is 2. The average Bonchev–Trinajstić information content (AvgIpc) is 1.93. The minimum Gasteiger partial charge on any atom is -0.288 e. The predicted molar refractivity (Wildman–Crippen MR) is 45.1 cm³/mol. The zero-order valence-corrected chi connectivity index (χ0v) is 7.46. The lowest BCUT2D eigenvalue weighted by Crippen LogP contribution is -2.07. The van der Waals surface area contributed by atoms with Gasteiger partial charge in [0.25, 0.3) is 0 Å². The molecule has 0 fully saturated rings. The number of hydrogen-bond donors (Lipinski definition) is 0. The van der Waals surface area contributed by atoms with Crippen molar-refractivity contribution in [3.05, 3.63) is 22.2 Å². The summed E-state index contributed by atoms with van der Waals surface area (Å²) in [6.07, 6.45) is 2.19. The molecule has 0 N–H and O–H groups in total. The van der Waals surface area contributed by atoms with Gasteiger partial charge in [0.1, 0.15) is 10.1 Å². The highest BCUT2D eigenvalue weighted by Crippen LogP contribution is 2.20. The molecule has 60 valence electrons. The van der Waals surface area contributed by atoms with Gasteiger partial charge in [-0.25, -0.2) is 0 Å². The number of rotatable bonds is 0. The number of carbonyl (C=O) groups is 2. The van der Waals surface area contributed by atoms with Gasteiger partial charge in [0.2, 0.25) is 0 Å². The van der Waals surface area contributed by atoms with Crippen molar-refractivity contribution in [1.82, 2.24) is 0 Å². The van der Waals surface area contributed by atoms with Crippen LogP contribution in [0.5, 0.6) is 0 Å². The van der Waals surface area contributed by atoms with Gasteiger partial charge in [0.05, 0.1) is 0 Å². The Morgan fingerprint density at radius 1 is 0.909 bits per heavy atom. The van der Waals surface area contributed by atoms with Gasteiger partial charge in [0.15, 0.2) is 11.6 Å². The van der Waals surface area contributed by atoms with Gasteiger partial charge in [0, 0.05) is 0 Å². The van der Waals surface area contributed by atoms with E-state index in [1.54, 1.807) is 0 Å². The van der Waals surface area contributed by atoms with Gasteiger partial charge >= 0.3 is 0 Å². The molecule has 11 heavy (non-hydrogen) atoms. The molecule has 0 unspecified atom stereocenters. The van der Waals surface area contributed by atoms with Crippen LogP contribution in [-0.2, 0) is 9.59 Å². The molecule has 0 radical (unpaired) electrons. The topological polar surface area (TPSA) is 34.1 Å². The Labute approximate surface area is 79.3 Å². The molecule has 0 atom stereocenters. The summed E-state index contributed by atoms with van der Waals surface area (Å²) in [6, 6.07) is 0. The fraction of sp³-hybridized carbons (Fsp3) is 0. The maximum Gasteiger partial charge on any atom is 0.198 e. The van der Waals surface area contributed by atoms with E-state index in [0.29, 0.717) is 0 Å². The standard InChI is InChI=1S/C6H2Cl2O2.ClH/c7-5-3(9)1-2-4(10)6(5)8;/h1-2H;1H. The molecule has 0 bridgehead atoms. The first-order valence-corrected chi connectivity index (χ1v) is 3.20. The molecule has 0 spiro atoms. The molecule has 0 aromatic rings. The van der Waals surface area contributed by atoms with Crippen LogP contribution in [-0.4, -0.2) is 11.6 Å². The molecule has 0 aliphatic heterocycles. The van der Waals surface area contributed by atoms with Gasteiger partial charge in [-0.15, -0.1) is 12.4 Å². The Hall–Kier alpha value is -0.310. The van der Waals surface area contributed by atoms with Crippen molar-refractivity contribution in [2.45, 2.75) is 0 Å². The van der Waals surface area contributed by atoms with E-state index < -0.39 is 11.6 Å². The Bertz CT molecular complexity index is 239. The lowest BCUT2D eigenvalue weighted by molar-refractivity contribution is -0.114. The zero-order valence-electron chi connectivity index (χ0n) is 5.14. The molecule has 5 heteroatoms. The molecule has 0 saturated heterocycles. The quantitative estimate of drug-likeness (QED) is 0.575. The van der Waals surface area contributed by atoms with E-state index >= 15 is 0 Å². The summed E-state index contributed by atoms with van der Waals surface area (Å²) in [7, 11) is 0. The first-order chi connectivity index (χ1) is 4.63. The Kier molecular flexibility index (Phi) is 3.79. The van der Waals surface area contributed by atoms with Gasteiger partial charge < -0.3 is 0 Å². The second-order valence-electron chi connectivity index (χ2n) is 1.69. The van der Waals surface area contributed by atoms with Crippen molar-refractivity contribution in [3.8, 4) is 0 Å².